The molecule has 2 aromatic rings. The second-order valence-corrected chi connectivity index (χ2v) is 7.14. The lowest BCUT2D eigenvalue weighted by molar-refractivity contribution is -0.140. The molecule has 0 aliphatic carbocycles. The zero-order valence-corrected chi connectivity index (χ0v) is 14.9. The van der Waals surface area contributed by atoms with Gasteiger partial charge in [-0.05, 0) is 36.3 Å². The van der Waals surface area contributed by atoms with Crippen LogP contribution >= 0.6 is 11.8 Å². The van der Waals surface area contributed by atoms with Gasteiger partial charge >= 0.3 is 5.97 Å². The van der Waals surface area contributed by atoms with Gasteiger partial charge < -0.3 is 10.4 Å². The van der Waals surface area contributed by atoms with Crippen molar-refractivity contribution in [1.82, 2.24) is 5.32 Å². The lowest BCUT2D eigenvalue weighted by Gasteiger charge is -2.11. The molecule has 0 bridgehead atoms. The van der Waals surface area contributed by atoms with Crippen LogP contribution in [0.5, 0.6) is 0 Å². The Morgan fingerprint density at radius 3 is 2.62 bits per heavy atom. The molecule has 1 atom stereocenters. The standard InChI is InChI=1S/C20H17NO4S/c1-12-2-7-17-15(8-12)19(23)18(26-17)10-14-5-3-13(4-6-14)9-16(20(24)25)21-11-22/h2-8,10-11,16H,9H2,1H3,(H,21,22)(H,24,25)/b18-10-/t16-/m0/s1. The first-order chi connectivity index (χ1) is 12.5. The van der Waals surface area contributed by atoms with Crippen molar-refractivity contribution in [3.8, 4) is 0 Å². The van der Waals surface area contributed by atoms with Crippen LogP contribution in [0.3, 0.4) is 0 Å². The molecule has 5 nitrogen and oxygen atoms in total. The summed E-state index contributed by atoms with van der Waals surface area (Å²) < 4.78 is 0. The number of thioether (sulfide) groups is 1. The fourth-order valence-corrected chi connectivity index (χ4v) is 3.77. The van der Waals surface area contributed by atoms with Gasteiger partial charge in [-0.25, -0.2) is 4.79 Å². The van der Waals surface area contributed by atoms with Crippen LogP contribution in [-0.4, -0.2) is 29.3 Å². The number of carboxylic acid groups (broad SMARTS) is 1. The summed E-state index contributed by atoms with van der Waals surface area (Å²) in [4.78, 5) is 35.7. The summed E-state index contributed by atoms with van der Waals surface area (Å²) in [5.74, 6) is -1.05. The van der Waals surface area contributed by atoms with E-state index in [1.165, 1.54) is 11.8 Å². The maximum Gasteiger partial charge on any atom is 0.326 e. The average molecular weight is 367 g/mol. The molecular weight excluding hydrogens is 350 g/mol. The van der Waals surface area contributed by atoms with Gasteiger partial charge in [-0.2, -0.15) is 0 Å². The first kappa shape index (κ1) is 17.9. The number of hydrogen-bond donors (Lipinski definition) is 2. The van der Waals surface area contributed by atoms with Crippen molar-refractivity contribution >= 4 is 36.0 Å². The van der Waals surface area contributed by atoms with Gasteiger partial charge in [0.15, 0.2) is 0 Å². The Bertz CT molecular complexity index is 903. The molecule has 1 amide bonds. The quantitative estimate of drug-likeness (QED) is 0.606. The van der Waals surface area contributed by atoms with Crippen LogP contribution in [0.2, 0.25) is 0 Å². The van der Waals surface area contributed by atoms with E-state index in [-0.39, 0.29) is 12.2 Å². The molecule has 132 valence electrons. The minimum atomic E-state index is -1.08. The van der Waals surface area contributed by atoms with Crippen LogP contribution in [0.4, 0.5) is 0 Å². The number of aryl methyl sites for hydroxylation is 1. The largest absolute Gasteiger partial charge is 0.480 e. The van der Waals surface area contributed by atoms with E-state index in [2.05, 4.69) is 5.32 Å². The van der Waals surface area contributed by atoms with Crippen LogP contribution in [0, 0.1) is 6.92 Å². The highest BCUT2D eigenvalue weighted by Crippen LogP contribution is 2.41. The smallest absolute Gasteiger partial charge is 0.326 e. The highest BCUT2D eigenvalue weighted by molar-refractivity contribution is 8.04. The van der Waals surface area contributed by atoms with Crippen LogP contribution in [0.25, 0.3) is 6.08 Å². The molecule has 2 N–H and O–H groups in total. The van der Waals surface area contributed by atoms with Gasteiger partial charge in [0, 0.05) is 16.9 Å². The molecule has 0 saturated carbocycles. The van der Waals surface area contributed by atoms with E-state index in [1.807, 2.05) is 43.3 Å². The zero-order valence-electron chi connectivity index (χ0n) is 14.1. The summed E-state index contributed by atoms with van der Waals surface area (Å²) in [6.07, 6.45) is 2.42. The average Bonchev–Trinajstić information content (AvgIpc) is 2.92. The van der Waals surface area contributed by atoms with Crippen molar-refractivity contribution in [2.75, 3.05) is 0 Å². The number of fused-ring (bicyclic) bond motifs is 1. The molecule has 0 unspecified atom stereocenters. The number of ketones is 1. The summed E-state index contributed by atoms with van der Waals surface area (Å²) in [5.41, 5.74) is 3.45. The van der Waals surface area contributed by atoms with E-state index in [9.17, 15) is 14.4 Å². The fourth-order valence-electron chi connectivity index (χ4n) is 2.74. The number of hydrogen-bond acceptors (Lipinski definition) is 4. The van der Waals surface area contributed by atoms with Crippen molar-refractivity contribution in [1.29, 1.82) is 0 Å². The molecule has 0 spiro atoms. The molecule has 3 rings (SSSR count). The minimum Gasteiger partial charge on any atom is -0.480 e. The van der Waals surface area contributed by atoms with Gasteiger partial charge in [0.05, 0.1) is 4.91 Å². The molecule has 2 aromatic carbocycles. The lowest BCUT2D eigenvalue weighted by atomic mass is 10.0. The van der Waals surface area contributed by atoms with E-state index in [4.69, 9.17) is 5.11 Å². The summed E-state index contributed by atoms with van der Waals surface area (Å²) in [7, 11) is 0. The summed E-state index contributed by atoms with van der Waals surface area (Å²) >= 11 is 1.46. The van der Waals surface area contributed by atoms with E-state index < -0.39 is 12.0 Å². The molecular formula is C20H17NO4S. The second-order valence-electron chi connectivity index (χ2n) is 6.06. The van der Waals surface area contributed by atoms with Crippen molar-refractivity contribution in [3.63, 3.8) is 0 Å². The molecule has 1 heterocycles. The third kappa shape index (κ3) is 3.86. The van der Waals surface area contributed by atoms with Gasteiger partial charge in [-0.3, -0.25) is 9.59 Å². The molecule has 0 saturated heterocycles. The Morgan fingerprint density at radius 2 is 1.96 bits per heavy atom. The lowest BCUT2D eigenvalue weighted by Crippen LogP contribution is -2.37. The number of allylic oxidation sites excluding steroid dienone is 1. The predicted molar refractivity (Wildman–Crippen MR) is 100 cm³/mol. The zero-order chi connectivity index (χ0) is 18.7. The monoisotopic (exact) mass is 367 g/mol. The molecule has 0 fully saturated rings. The number of carboxylic acids is 1. The maximum absolute atomic E-state index is 12.5. The Hall–Kier alpha value is -2.86. The highest BCUT2D eigenvalue weighted by atomic mass is 32.2. The van der Waals surface area contributed by atoms with Gasteiger partial charge in [0.25, 0.3) is 0 Å². The maximum atomic E-state index is 12.5. The fraction of sp³-hybridized carbons (Fsp3) is 0.150. The number of benzene rings is 2. The first-order valence-corrected chi connectivity index (χ1v) is 8.86. The summed E-state index contributed by atoms with van der Waals surface area (Å²) in [6.45, 7) is 1.96. The van der Waals surface area contributed by atoms with E-state index in [1.54, 1.807) is 12.1 Å². The molecule has 1 aliphatic heterocycles. The van der Waals surface area contributed by atoms with Crippen molar-refractivity contribution in [2.24, 2.45) is 0 Å². The van der Waals surface area contributed by atoms with Crippen LogP contribution < -0.4 is 5.32 Å². The van der Waals surface area contributed by atoms with Gasteiger partial charge in [-0.15, -0.1) is 0 Å². The first-order valence-electron chi connectivity index (χ1n) is 8.04. The number of Topliss-reactive ketones (excluding diaryl/α,β-unsaturated/α-hetero) is 1. The minimum absolute atomic E-state index is 0.0268. The number of aliphatic carboxylic acids is 1. The third-order valence-corrected chi connectivity index (χ3v) is 5.21. The molecule has 0 aromatic heterocycles. The van der Waals surface area contributed by atoms with Crippen LogP contribution in [0.1, 0.15) is 27.0 Å². The molecule has 1 aliphatic rings. The highest BCUT2D eigenvalue weighted by Gasteiger charge is 2.25. The Labute approximate surface area is 155 Å². The van der Waals surface area contributed by atoms with Crippen molar-refractivity contribution in [3.05, 3.63) is 69.6 Å². The molecule has 26 heavy (non-hydrogen) atoms. The Balaban J connectivity index is 1.76. The molecule has 0 radical (unpaired) electrons. The van der Waals surface area contributed by atoms with Gasteiger partial charge in [0.1, 0.15) is 6.04 Å². The molecule has 6 heteroatoms. The van der Waals surface area contributed by atoms with Crippen molar-refractivity contribution < 1.29 is 19.5 Å². The Morgan fingerprint density at radius 1 is 1.23 bits per heavy atom. The number of carbonyl (C=O) groups excluding carboxylic acids is 2. The summed E-state index contributed by atoms with van der Waals surface area (Å²) in [5, 5.41) is 11.4. The normalized spacial score (nSPS) is 15.6. The summed E-state index contributed by atoms with van der Waals surface area (Å²) in [6, 6.07) is 12.2. The number of amides is 1. The predicted octanol–water partition coefficient (Wildman–Crippen LogP) is 3.07. The number of rotatable bonds is 6. The van der Waals surface area contributed by atoms with Crippen molar-refractivity contribution in [2.45, 2.75) is 24.3 Å². The number of nitrogens with one attached hydrogen (secondary N) is 1. The Kier molecular flexibility index (Phi) is 5.23. The second kappa shape index (κ2) is 7.58. The van der Waals surface area contributed by atoms with Crippen LogP contribution in [-0.2, 0) is 16.0 Å². The van der Waals surface area contributed by atoms with Gasteiger partial charge in [0.2, 0.25) is 12.2 Å². The van der Waals surface area contributed by atoms with Crippen LogP contribution in [0.15, 0.2) is 52.3 Å². The van der Waals surface area contributed by atoms with Gasteiger partial charge in [-0.1, -0.05) is 47.7 Å². The van der Waals surface area contributed by atoms with E-state index >= 15 is 0 Å². The third-order valence-electron chi connectivity index (χ3n) is 4.11. The topological polar surface area (TPSA) is 83.5 Å². The SMILES string of the molecule is Cc1ccc2c(c1)C(=O)/C(=C/c1ccc(C[C@H](NC=O)C(=O)O)cc1)S2. The van der Waals surface area contributed by atoms with E-state index in [0.717, 1.165) is 27.1 Å². The van der Waals surface area contributed by atoms with E-state index in [0.29, 0.717) is 11.3 Å². The number of carbonyl (C=O) groups is 3.